The Bertz CT molecular complexity index is 1510. The summed E-state index contributed by atoms with van der Waals surface area (Å²) in [5, 5.41) is 7.69. The van der Waals surface area contributed by atoms with Gasteiger partial charge in [0.2, 0.25) is 0 Å². The molecule has 2 atom stereocenters. The van der Waals surface area contributed by atoms with Crippen LogP contribution < -0.4 is 10.6 Å². The van der Waals surface area contributed by atoms with Crippen LogP contribution in [-0.2, 0) is 6.18 Å². The van der Waals surface area contributed by atoms with E-state index in [9.17, 15) is 31.5 Å². The molecule has 2 fully saturated rings. The number of benzene rings is 2. The van der Waals surface area contributed by atoms with Gasteiger partial charge in [0.15, 0.2) is 0 Å². The number of likely N-dealkylation sites (tertiary alicyclic amines) is 1. The van der Waals surface area contributed by atoms with Crippen molar-refractivity contribution in [3.05, 3.63) is 68.9 Å². The van der Waals surface area contributed by atoms with Gasteiger partial charge in [0.05, 0.1) is 22.4 Å². The van der Waals surface area contributed by atoms with E-state index in [1.54, 1.807) is 24.4 Å². The normalized spacial score (nSPS) is 20.8. The summed E-state index contributed by atoms with van der Waals surface area (Å²) >= 11 is 9.15. The number of hydrogen-bond acceptors (Lipinski definition) is 4. The van der Waals surface area contributed by atoms with Crippen LogP contribution in [0.25, 0.3) is 10.8 Å². The van der Waals surface area contributed by atoms with E-state index in [2.05, 4.69) is 31.5 Å². The molecular formula is C29H27BrClF5N4O2. The number of piperidine rings is 1. The van der Waals surface area contributed by atoms with Crippen LogP contribution >= 0.6 is 27.5 Å². The molecule has 2 heterocycles. The van der Waals surface area contributed by atoms with Crippen LogP contribution in [0.4, 0.5) is 27.6 Å². The van der Waals surface area contributed by atoms with Gasteiger partial charge in [-0.05, 0) is 42.5 Å². The fraction of sp³-hybridized carbons (Fsp3) is 0.414. The van der Waals surface area contributed by atoms with Gasteiger partial charge >= 0.3 is 6.18 Å². The average molecular weight is 674 g/mol. The zero-order valence-electron chi connectivity index (χ0n) is 22.2. The molecule has 0 unspecified atom stereocenters. The number of amides is 2. The molecule has 3 aromatic rings. The van der Waals surface area contributed by atoms with E-state index in [4.69, 9.17) is 11.6 Å². The molecule has 2 N–H and O–H groups in total. The number of carbonyl (C=O) groups is 2. The van der Waals surface area contributed by atoms with Crippen molar-refractivity contribution in [1.82, 2.24) is 15.2 Å². The smallest absolute Gasteiger partial charge is 0.379 e. The van der Waals surface area contributed by atoms with E-state index in [1.807, 2.05) is 0 Å². The van der Waals surface area contributed by atoms with Gasteiger partial charge in [0, 0.05) is 65.3 Å². The number of aromatic nitrogens is 1. The minimum Gasteiger partial charge on any atom is -0.379 e. The molecule has 2 amide bonds. The first-order chi connectivity index (χ1) is 19.8. The second-order valence-electron chi connectivity index (χ2n) is 10.7. The van der Waals surface area contributed by atoms with Crippen LogP contribution in [0.3, 0.4) is 0 Å². The Morgan fingerprint density at radius 3 is 2.38 bits per heavy atom. The molecule has 2 aromatic carbocycles. The molecule has 1 aliphatic heterocycles. The van der Waals surface area contributed by atoms with Crippen molar-refractivity contribution in [2.24, 2.45) is 0 Å². The van der Waals surface area contributed by atoms with Crippen molar-refractivity contribution in [3.8, 4) is 0 Å². The van der Waals surface area contributed by atoms with Crippen LogP contribution in [0.15, 0.2) is 47.2 Å². The Morgan fingerprint density at radius 2 is 1.69 bits per heavy atom. The maximum absolute atomic E-state index is 14.3. The Morgan fingerprint density at radius 1 is 1.00 bits per heavy atom. The maximum Gasteiger partial charge on any atom is 0.418 e. The summed E-state index contributed by atoms with van der Waals surface area (Å²) in [7, 11) is 0. The molecule has 0 bridgehead atoms. The summed E-state index contributed by atoms with van der Waals surface area (Å²) in [6, 6.07) is 5.99. The van der Waals surface area contributed by atoms with E-state index in [1.165, 1.54) is 12.3 Å². The maximum atomic E-state index is 14.3. The Kier molecular flexibility index (Phi) is 8.67. The minimum absolute atomic E-state index is 0.0307. The molecule has 0 radical (unpaired) electrons. The fourth-order valence-corrected chi connectivity index (χ4v) is 6.24. The Hall–Kier alpha value is -2.99. The van der Waals surface area contributed by atoms with Gasteiger partial charge in [0.25, 0.3) is 17.7 Å². The second-order valence-corrected chi connectivity index (χ2v) is 12.0. The van der Waals surface area contributed by atoms with Gasteiger partial charge in [0.1, 0.15) is 0 Å². The van der Waals surface area contributed by atoms with Gasteiger partial charge in [-0.2, -0.15) is 13.2 Å². The Balaban J connectivity index is 1.45. The number of nitrogens with zero attached hydrogens (tertiary/aromatic N) is 2. The molecule has 6 nitrogen and oxygen atoms in total. The van der Waals surface area contributed by atoms with E-state index >= 15 is 0 Å². The number of alkyl halides is 5. The van der Waals surface area contributed by atoms with E-state index in [-0.39, 0.29) is 23.1 Å². The number of rotatable bonds is 5. The van der Waals surface area contributed by atoms with Crippen molar-refractivity contribution in [1.29, 1.82) is 0 Å². The molecule has 1 aliphatic carbocycles. The average Bonchev–Trinajstić information content (AvgIpc) is 2.93. The molecule has 13 heteroatoms. The molecule has 0 spiro atoms. The molecule has 5 rings (SSSR count). The second kappa shape index (κ2) is 11.9. The summed E-state index contributed by atoms with van der Waals surface area (Å²) in [4.78, 5) is 32.1. The predicted molar refractivity (Wildman–Crippen MR) is 153 cm³/mol. The number of fused-ring (bicyclic) bond motifs is 1. The first-order valence-corrected chi connectivity index (χ1v) is 14.7. The zero-order chi connectivity index (χ0) is 30.2. The van der Waals surface area contributed by atoms with Crippen molar-refractivity contribution in [3.63, 3.8) is 0 Å². The lowest BCUT2D eigenvalue weighted by Gasteiger charge is -2.36. The van der Waals surface area contributed by atoms with E-state index in [0.717, 1.165) is 17.4 Å². The highest BCUT2D eigenvalue weighted by atomic mass is 79.9. The Labute approximate surface area is 252 Å². The molecule has 1 aromatic heterocycles. The van der Waals surface area contributed by atoms with Gasteiger partial charge < -0.3 is 15.5 Å². The lowest BCUT2D eigenvalue weighted by molar-refractivity contribution is -0.137. The molecule has 1 saturated heterocycles. The van der Waals surface area contributed by atoms with Crippen LogP contribution in [0, 0.1) is 0 Å². The van der Waals surface area contributed by atoms with Crippen LogP contribution in [-0.4, -0.2) is 52.8 Å². The highest BCUT2D eigenvalue weighted by Gasteiger charge is 2.40. The van der Waals surface area contributed by atoms with Crippen molar-refractivity contribution in [2.45, 2.75) is 62.7 Å². The van der Waals surface area contributed by atoms with Gasteiger partial charge in [-0.3, -0.25) is 14.6 Å². The largest absolute Gasteiger partial charge is 0.418 e. The molecular weight excluding hydrogens is 647 g/mol. The third kappa shape index (κ3) is 6.64. The first-order valence-electron chi connectivity index (χ1n) is 13.5. The number of pyridine rings is 1. The van der Waals surface area contributed by atoms with E-state index in [0.29, 0.717) is 40.6 Å². The number of carbonyl (C=O) groups excluding carboxylic acids is 2. The van der Waals surface area contributed by atoms with Gasteiger partial charge in [-0.15, -0.1) is 0 Å². The van der Waals surface area contributed by atoms with Crippen LogP contribution in [0.5, 0.6) is 0 Å². The monoisotopic (exact) mass is 672 g/mol. The van der Waals surface area contributed by atoms with E-state index < -0.39 is 60.1 Å². The highest BCUT2D eigenvalue weighted by Crippen LogP contribution is 2.41. The number of halogens is 7. The first kappa shape index (κ1) is 30.5. The van der Waals surface area contributed by atoms with Crippen LogP contribution in [0.2, 0.25) is 5.02 Å². The summed E-state index contributed by atoms with van der Waals surface area (Å²) in [6.07, 6.45) is -0.571. The van der Waals surface area contributed by atoms with Gasteiger partial charge in [-0.25, -0.2) is 8.78 Å². The lowest BCUT2D eigenvalue weighted by atomic mass is 9.89. The quantitative estimate of drug-likeness (QED) is 0.273. The molecule has 224 valence electrons. The minimum atomic E-state index is -4.82. The SMILES string of the molecule is O=C(N[C@H]1CCCC[C@H]1Nc1c(C(=O)N2CCC(F)(F)CC2)cc(Br)cc1C(F)(F)F)c1cncc2cc(Cl)ccc12. The number of nitrogens with one attached hydrogen (secondary N) is 2. The summed E-state index contributed by atoms with van der Waals surface area (Å²) < 4.78 is 70.4. The van der Waals surface area contributed by atoms with Crippen LogP contribution in [0.1, 0.15) is 64.8 Å². The summed E-state index contributed by atoms with van der Waals surface area (Å²) in [5.41, 5.74) is -1.47. The predicted octanol–water partition coefficient (Wildman–Crippen LogP) is 7.69. The highest BCUT2D eigenvalue weighted by molar-refractivity contribution is 9.10. The summed E-state index contributed by atoms with van der Waals surface area (Å²) in [6.45, 7) is -0.545. The zero-order valence-corrected chi connectivity index (χ0v) is 24.6. The standard InChI is InChI=1S/C29H27BrClF5N4O2/c30-17-12-20(27(42)40-9-7-28(32,33)8-10-40)25(22(13-17)29(34,35)36)38-23-3-1-2-4-24(23)39-26(41)21-15-37-14-16-11-18(31)5-6-19(16)21/h5-6,11-15,23-24,38H,1-4,7-10H2,(H,39,41)/t23-,24+/m1/s1. The fourth-order valence-electron chi connectivity index (χ4n) is 5.60. The number of anilines is 1. The topological polar surface area (TPSA) is 74.3 Å². The molecule has 1 saturated carbocycles. The lowest BCUT2D eigenvalue weighted by Crippen LogP contribution is -2.49. The third-order valence-corrected chi connectivity index (χ3v) is 8.49. The van der Waals surface area contributed by atoms with Gasteiger partial charge in [-0.1, -0.05) is 46.4 Å². The van der Waals surface area contributed by atoms with Crippen molar-refractivity contribution >= 4 is 55.8 Å². The summed E-state index contributed by atoms with van der Waals surface area (Å²) in [5.74, 6) is -4.13. The molecule has 2 aliphatic rings. The van der Waals surface area contributed by atoms with Crippen molar-refractivity contribution in [2.75, 3.05) is 18.4 Å². The number of hydrogen-bond donors (Lipinski definition) is 2. The van der Waals surface area contributed by atoms with Crippen molar-refractivity contribution < 1.29 is 31.5 Å². The molecule has 42 heavy (non-hydrogen) atoms. The third-order valence-electron chi connectivity index (χ3n) is 7.80.